The van der Waals surface area contributed by atoms with Crippen molar-refractivity contribution in [1.29, 1.82) is 0 Å². The summed E-state index contributed by atoms with van der Waals surface area (Å²) in [4.78, 5) is 0. The van der Waals surface area contributed by atoms with E-state index >= 15 is 13.2 Å². The maximum absolute atomic E-state index is 17.5. The molecule has 0 saturated heterocycles. The summed E-state index contributed by atoms with van der Waals surface area (Å²) in [6, 6.07) is 70.7. The highest BCUT2D eigenvalue weighted by Gasteiger charge is 2.28. The van der Waals surface area contributed by atoms with Crippen LogP contribution < -0.4 is 0 Å². The maximum Gasteiger partial charge on any atom is 0.144 e. The van der Waals surface area contributed by atoms with Crippen molar-refractivity contribution in [2.75, 3.05) is 0 Å². The van der Waals surface area contributed by atoms with Crippen LogP contribution in [0.2, 0.25) is 0 Å². The number of nitrogens with zero attached hydrogens (tertiary/aromatic N) is 3. The van der Waals surface area contributed by atoms with Crippen LogP contribution in [0.3, 0.4) is 0 Å². The Labute approximate surface area is 377 Å². The number of rotatable bonds is 6. The van der Waals surface area contributed by atoms with Gasteiger partial charge >= 0.3 is 0 Å². The fourth-order valence-corrected chi connectivity index (χ4v) is 10.4. The molecule has 0 fully saturated rings. The minimum atomic E-state index is -0.968. The van der Waals surface area contributed by atoms with E-state index in [-0.39, 0.29) is 16.7 Å². The Balaban J connectivity index is 0.983. The molecule has 3 heterocycles. The SMILES string of the molecule is Fc1c(-c2ccc(-n3c4ccccc4c4ccccc43)cc2)c(F)c(-c2ccc(-n3c4ccccc4c4ccccc43)cc2)c(F)c1-c1ccc(-n2c3ccccc3c3ccccc32)cc1. The summed E-state index contributed by atoms with van der Waals surface area (Å²) in [5.41, 5.74) is 8.59. The molecule has 13 aromatic rings. The first-order valence-electron chi connectivity index (χ1n) is 22.0. The molecule has 3 aromatic heterocycles. The van der Waals surface area contributed by atoms with Crippen molar-refractivity contribution in [3.63, 3.8) is 0 Å². The largest absolute Gasteiger partial charge is 0.309 e. The van der Waals surface area contributed by atoms with Crippen molar-refractivity contribution < 1.29 is 13.2 Å². The summed E-state index contributed by atoms with van der Waals surface area (Å²) < 4.78 is 58.9. The third-order valence-corrected chi connectivity index (χ3v) is 13.3. The first-order chi connectivity index (χ1) is 32.5. The Bertz CT molecular complexity index is 3460. The van der Waals surface area contributed by atoms with Crippen LogP contribution in [0.25, 0.3) is 116 Å². The second-order valence-corrected chi connectivity index (χ2v) is 16.8. The number of halogens is 3. The van der Waals surface area contributed by atoms with E-state index in [1.165, 1.54) is 0 Å². The molecule has 0 spiro atoms. The van der Waals surface area contributed by atoms with Crippen molar-refractivity contribution in [3.05, 3.63) is 236 Å². The fourth-order valence-electron chi connectivity index (χ4n) is 10.4. The number of hydrogen-bond acceptors (Lipinski definition) is 0. The lowest BCUT2D eigenvalue weighted by Gasteiger charge is -2.18. The van der Waals surface area contributed by atoms with E-state index in [0.717, 1.165) is 82.5 Å². The van der Waals surface area contributed by atoms with Gasteiger partial charge in [0, 0.05) is 49.4 Å². The standard InChI is InChI=1S/C60H36F3N3/c61-58-55(37-25-31-40(32-26-37)64-49-19-7-1-13-43(49)44-14-2-8-20-50(44)64)59(62)57(39-29-35-42(36-30-39)66-53-23-11-5-17-47(53)48-18-6-12-24-54(48)66)60(63)56(58)38-27-33-41(34-28-38)65-51-21-9-3-15-45(51)46-16-4-10-22-52(46)65/h1-36H. The van der Waals surface area contributed by atoms with Gasteiger partial charge in [-0.05, 0) is 89.5 Å². The molecule has 0 saturated carbocycles. The zero-order chi connectivity index (χ0) is 44.0. The Hall–Kier alpha value is -8.61. The lowest BCUT2D eigenvalue weighted by atomic mass is 9.90. The van der Waals surface area contributed by atoms with Crippen molar-refractivity contribution in [2.24, 2.45) is 0 Å². The monoisotopic (exact) mass is 855 g/mol. The normalized spacial score (nSPS) is 11.9. The van der Waals surface area contributed by atoms with Crippen molar-refractivity contribution in [3.8, 4) is 50.4 Å². The molecular weight excluding hydrogens is 820 g/mol. The van der Waals surface area contributed by atoms with Gasteiger partial charge in [-0.3, -0.25) is 0 Å². The molecule has 13 rings (SSSR count). The van der Waals surface area contributed by atoms with Crippen LogP contribution in [0.1, 0.15) is 0 Å². The molecule has 10 aromatic carbocycles. The Morgan fingerprint density at radius 3 is 0.591 bits per heavy atom. The van der Waals surface area contributed by atoms with Crippen LogP contribution in [0.4, 0.5) is 13.2 Å². The van der Waals surface area contributed by atoms with E-state index in [4.69, 9.17) is 0 Å². The van der Waals surface area contributed by atoms with Crippen molar-refractivity contribution in [1.82, 2.24) is 13.7 Å². The number of fused-ring (bicyclic) bond motifs is 9. The van der Waals surface area contributed by atoms with Gasteiger partial charge in [-0.1, -0.05) is 146 Å². The average Bonchev–Trinajstić information content (AvgIpc) is 4.01. The molecule has 0 atom stereocenters. The molecule has 0 unspecified atom stereocenters. The molecule has 312 valence electrons. The zero-order valence-corrected chi connectivity index (χ0v) is 35.3. The minimum absolute atomic E-state index is 0.292. The summed E-state index contributed by atoms with van der Waals surface area (Å²) in [6.07, 6.45) is 0. The second kappa shape index (κ2) is 14.7. The van der Waals surface area contributed by atoms with Gasteiger partial charge in [0.05, 0.1) is 49.8 Å². The quantitative estimate of drug-likeness (QED) is 0.158. The molecular formula is C60H36F3N3. The van der Waals surface area contributed by atoms with Gasteiger partial charge < -0.3 is 13.7 Å². The van der Waals surface area contributed by atoms with E-state index in [2.05, 4.69) is 86.5 Å². The van der Waals surface area contributed by atoms with E-state index in [9.17, 15) is 0 Å². The molecule has 0 N–H and O–H groups in total. The molecule has 0 radical (unpaired) electrons. The van der Waals surface area contributed by atoms with Crippen LogP contribution in [-0.4, -0.2) is 13.7 Å². The summed E-state index contributed by atoms with van der Waals surface area (Å²) in [5, 5.41) is 6.64. The highest BCUT2D eigenvalue weighted by atomic mass is 19.1. The van der Waals surface area contributed by atoms with Gasteiger partial charge in [-0.25, -0.2) is 13.2 Å². The number of para-hydroxylation sites is 6. The molecule has 0 aliphatic carbocycles. The summed E-state index contributed by atoms with van der Waals surface area (Å²) in [6.45, 7) is 0. The van der Waals surface area contributed by atoms with Gasteiger partial charge in [-0.2, -0.15) is 0 Å². The third-order valence-electron chi connectivity index (χ3n) is 13.3. The molecule has 0 aliphatic rings. The Kier molecular flexibility index (Phi) is 8.46. The molecule has 0 amide bonds. The van der Waals surface area contributed by atoms with E-state index in [1.807, 2.05) is 109 Å². The molecule has 3 nitrogen and oxygen atoms in total. The smallest absolute Gasteiger partial charge is 0.144 e. The summed E-state index contributed by atoms with van der Waals surface area (Å²) in [5.74, 6) is -2.90. The van der Waals surface area contributed by atoms with Crippen LogP contribution in [0.5, 0.6) is 0 Å². The average molecular weight is 856 g/mol. The lowest BCUT2D eigenvalue weighted by Crippen LogP contribution is -2.04. The summed E-state index contributed by atoms with van der Waals surface area (Å²) >= 11 is 0. The number of benzene rings is 10. The molecule has 66 heavy (non-hydrogen) atoms. The van der Waals surface area contributed by atoms with Crippen LogP contribution >= 0.6 is 0 Å². The van der Waals surface area contributed by atoms with E-state index in [0.29, 0.717) is 16.7 Å². The summed E-state index contributed by atoms with van der Waals surface area (Å²) in [7, 11) is 0. The van der Waals surface area contributed by atoms with Gasteiger partial charge in [0.1, 0.15) is 17.5 Å². The molecule has 0 aliphatic heterocycles. The van der Waals surface area contributed by atoms with Gasteiger partial charge in [0.25, 0.3) is 0 Å². The lowest BCUT2D eigenvalue weighted by molar-refractivity contribution is 0.557. The second-order valence-electron chi connectivity index (χ2n) is 16.8. The topological polar surface area (TPSA) is 14.8 Å². The van der Waals surface area contributed by atoms with Crippen LogP contribution in [0.15, 0.2) is 218 Å². The molecule has 0 bridgehead atoms. The molecule has 6 heteroatoms. The fraction of sp³-hybridized carbons (Fsp3) is 0. The number of hydrogen-bond donors (Lipinski definition) is 0. The van der Waals surface area contributed by atoms with E-state index < -0.39 is 17.5 Å². The number of aromatic nitrogens is 3. The first kappa shape index (κ1) is 37.9. The first-order valence-corrected chi connectivity index (χ1v) is 22.0. The van der Waals surface area contributed by atoms with Crippen LogP contribution in [0, 0.1) is 17.5 Å². The minimum Gasteiger partial charge on any atom is -0.309 e. The van der Waals surface area contributed by atoms with Gasteiger partial charge in [-0.15, -0.1) is 0 Å². The maximum atomic E-state index is 17.5. The predicted octanol–water partition coefficient (Wildman–Crippen LogP) is 16.4. The van der Waals surface area contributed by atoms with Gasteiger partial charge in [0.2, 0.25) is 0 Å². The predicted molar refractivity (Wildman–Crippen MR) is 266 cm³/mol. The van der Waals surface area contributed by atoms with Crippen molar-refractivity contribution >= 4 is 65.4 Å². The van der Waals surface area contributed by atoms with Crippen molar-refractivity contribution in [2.45, 2.75) is 0 Å². The zero-order valence-electron chi connectivity index (χ0n) is 35.3. The Morgan fingerprint density at radius 2 is 0.394 bits per heavy atom. The third kappa shape index (κ3) is 5.58. The Morgan fingerprint density at radius 1 is 0.212 bits per heavy atom. The highest BCUT2D eigenvalue weighted by molar-refractivity contribution is 6.11. The highest BCUT2D eigenvalue weighted by Crippen LogP contribution is 2.44. The van der Waals surface area contributed by atoms with E-state index in [1.54, 1.807) is 36.4 Å². The van der Waals surface area contributed by atoms with Gasteiger partial charge in [0.15, 0.2) is 0 Å². The van der Waals surface area contributed by atoms with Crippen LogP contribution in [-0.2, 0) is 0 Å².